The van der Waals surface area contributed by atoms with Crippen molar-refractivity contribution >= 4 is 23.3 Å². The van der Waals surface area contributed by atoms with Crippen LogP contribution in [0.1, 0.15) is 20.7 Å². The molecule has 0 aromatic heterocycles. The molecule has 27 heavy (non-hydrogen) atoms. The predicted octanol–water partition coefficient (Wildman–Crippen LogP) is 3.06. The van der Waals surface area contributed by atoms with Gasteiger partial charge in [0, 0.05) is 0 Å². The molecule has 0 bridgehead atoms. The zero-order chi connectivity index (χ0) is 20.5. The third-order valence-electron chi connectivity index (χ3n) is 3.09. The van der Waals surface area contributed by atoms with Gasteiger partial charge < -0.3 is 4.74 Å². The average Bonchev–Trinajstić information content (AvgIpc) is 2.57. The summed E-state index contributed by atoms with van der Waals surface area (Å²) in [5.41, 5.74) is -5.04. The van der Waals surface area contributed by atoms with Crippen LogP contribution in [0.25, 0.3) is 0 Å². The number of nitrogens with zero attached hydrogens (tertiary/aromatic N) is 2. The van der Waals surface area contributed by atoms with E-state index in [9.17, 15) is 47.4 Å². The molecular weight excluding hydrogens is 384 g/mol. The highest BCUT2D eigenvalue weighted by Gasteiger charge is 2.27. The number of carbonyl (C=O) groups excluding carboxylic acids is 2. The van der Waals surface area contributed by atoms with Crippen LogP contribution in [-0.4, -0.2) is 21.8 Å². The molecule has 0 radical (unpaired) electrons. The van der Waals surface area contributed by atoms with E-state index in [1.807, 2.05) is 0 Å². The lowest BCUT2D eigenvalue weighted by Crippen LogP contribution is -2.16. The summed E-state index contributed by atoms with van der Waals surface area (Å²) in [5, 5.41) is 20.9. The largest absolute Gasteiger partial charge is 0.386 e. The molecule has 2 rings (SSSR count). The lowest BCUT2D eigenvalue weighted by atomic mass is 10.1. The highest BCUT2D eigenvalue weighted by atomic mass is 19.1. The minimum atomic E-state index is -1.86. The summed E-state index contributed by atoms with van der Waals surface area (Å²) in [7, 11) is 0. The zero-order valence-corrected chi connectivity index (χ0v) is 12.6. The minimum Gasteiger partial charge on any atom is -0.386 e. The zero-order valence-electron chi connectivity index (χ0n) is 12.6. The number of benzene rings is 2. The third-order valence-corrected chi connectivity index (χ3v) is 3.09. The van der Waals surface area contributed by atoms with E-state index >= 15 is 0 Å². The van der Waals surface area contributed by atoms with Crippen LogP contribution < -0.4 is 0 Å². The summed E-state index contributed by atoms with van der Waals surface area (Å²) in [6.07, 6.45) is 0. The average molecular weight is 388 g/mol. The monoisotopic (exact) mass is 388 g/mol. The van der Waals surface area contributed by atoms with Crippen LogP contribution in [0, 0.1) is 43.5 Å². The number of nitro groups is 2. The van der Waals surface area contributed by atoms with Gasteiger partial charge in [0.2, 0.25) is 11.6 Å². The standard InChI is InChI=1S/C14H4F4N2O7/c15-7-3-11(19(23)24)9(17)1-5(7)13(21)27-14(22)6-2-10(18)12(20(25)26)4-8(6)16/h1-4H. The highest BCUT2D eigenvalue weighted by Crippen LogP contribution is 2.24. The molecule has 0 aliphatic heterocycles. The number of rotatable bonds is 4. The Balaban J connectivity index is 2.33. The molecule has 0 heterocycles. The van der Waals surface area contributed by atoms with Crippen LogP contribution in [0.15, 0.2) is 24.3 Å². The smallest absolute Gasteiger partial charge is 0.349 e. The Morgan fingerprint density at radius 3 is 1.33 bits per heavy atom. The Hall–Kier alpha value is -3.90. The van der Waals surface area contributed by atoms with Crippen LogP contribution in [0.4, 0.5) is 28.9 Å². The molecule has 0 unspecified atom stereocenters. The SMILES string of the molecule is O=C(OC(=O)c1cc(F)c([N+](=O)[O-])cc1F)c1cc(F)c([N+](=O)[O-])cc1F. The van der Waals surface area contributed by atoms with Crippen LogP contribution in [0.3, 0.4) is 0 Å². The van der Waals surface area contributed by atoms with Crippen LogP contribution in [-0.2, 0) is 4.74 Å². The molecule has 13 heteroatoms. The van der Waals surface area contributed by atoms with Crippen molar-refractivity contribution < 1.29 is 41.7 Å². The summed E-state index contributed by atoms with van der Waals surface area (Å²) in [4.78, 5) is 41.8. The third kappa shape index (κ3) is 3.86. The Kier molecular flexibility index (Phi) is 5.14. The van der Waals surface area contributed by atoms with Crippen LogP contribution >= 0.6 is 0 Å². The molecule has 0 amide bonds. The van der Waals surface area contributed by atoms with Gasteiger partial charge in [0.05, 0.1) is 33.1 Å². The van der Waals surface area contributed by atoms with Crippen molar-refractivity contribution in [1.82, 2.24) is 0 Å². The van der Waals surface area contributed by atoms with Gasteiger partial charge in [0.25, 0.3) is 0 Å². The van der Waals surface area contributed by atoms with Crippen molar-refractivity contribution in [2.75, 3.05) is 0 Å². The summed E-state index contributed by atoms with van der Waals surface area (Å²) in [6.45, 7) is 0. The quantitative estimate of drug-likeness (QED) is 0.259. The molecule has 0 aliphatic carbocycles. The predicted molar refractivity (Wildman–Crippen MR) is 75.8 cm³/mol. The van der Waals surface area contributed by atoms with E-state index < -0.39 is 67.6 Å². The Morgan fingerprint density at radius 1 is 0.704 bits per heavy atom. The first-order valence-corrected chi connectivity index (χ1v) is 6.56. The normalized spacial score (nSPS) is 10.4. The summed E-state index contributed by atoms with van der Waals surface area (Å²) >= 11 is 0. The number of hydrogen-bond donors (Lipinski definition) is 0. The van der Waals surface area contributed by atoms with Gasteiger partial charge >= 0.3 is 23.3 Å². The molecule has 140 valence electrons. The number of hydrogen-bond acceptors (Lipinski definition) is 7. The Bertz CT molecular complexity index is 930. The summed E-state index contributed by atoms with van der Waals surface area (Å²) < 4.78 is 58.4. The van der Waals surface area contributed by atoms with Crippen molar-refractivity contribution in [3.05, 3.63) is 78.9 Å². The van der Waals surface area contributed by atoms with Gasteiger partial charge in [-0.2, -0.15) is 8.78 Å². The molecule has 0 atom stereocenters. The molecule has 9 nitrogen and oxygen atoms in total. The first kappa shape index (κ1) is 19.4. The van der Waals surface area contributed by atoms with Crippen molar-refractivity contribution in [3.63, 3.8) is 0 Å². The summed E-state index contributed by atoms with van der Waals surface area (Å²) in [6, 6.07) is 0.275. The molecular formula is C14H4F4N2O7. The van der Waals surface area contributed by atoms with E-state index in [0.29, 0.717) is 0 Å². The fourth-order valence-electron chi connectivity index (χ4n) is 1.86. The van der Waals surface area contributed by atoms with Crippen LogP contribution in [0.2, 0.25) is 0 Å². The van der Waals surface area contributed by atoms with Gasteiger partial charge in [0.15, 0.2) is 0 Å². The molecule has 2 aromatic rings. The van der Waals surface area contributed by atoms with Gasteiger partial charge in [-0.05, 0) is 12.1 Å². The lowest BCUT2D eigenvalue weighted by molar-refractivity contribution is -0.387. The Morgan fingerprint density at radius 2 is 1.04 bits per heavy atom. The number of nitro benzene ring substituents is 2. The molecule has 0 aliphatic rings. The van der Waals surface area contributed by atoms with Crippen molar-refractivity contribution in [3.8, 4) is 0 Å². The fourth-order valence-corrected chi connectivity index (χ4v) is 1.86. The highest BCUT2D eigenvalue weighted by molar-refractivity contribution is 6.03. The van der Waals surface area contributed by atoms with Crippen LogP contribution in [0.5, 0.6) is 0 Å². The molecule has 0 saturated carbocycles. The van der Waals surface area contributed by atoms with Gasteiger partial charge in [-0.3, -0.25) is 20.2 Å². The summed E-state index contributed by atoms with van der Waals surface area (Å²) in [5.74, 6) is -10.2. The second-order valence-corrected chi connectivity index (χ2v) is 4.76. The molecule has 0 spiro atoms. The van der Waals surface area contributed by atoms with Crippen molar-refractivity contribution in [1.29, 1.82) is 0 Å². The number of ether oxygens (including phenoxy) is 1. The van der Waals surface area contributed by atoms with Gasteiger partial charge in [-0.25, -0.2) is 18.4 Å². The topological polar surface area (TPSA) is 130 Å². The Labute approximate surface area is 145 Å². The van der Waals surface area contributed by atoms with E-state index in [-0.39, 0.29) is 24.3 Å². The molecule has 0 N–H and O–H groups in total. The second kappa shape index (κ2) is 7.15. The van der Waals surface area contributed by atoms with E-state index in [1.54, 1.807) is 0 Å². The molecule has 0 saturated heterocycles. The molecule has 0 fully saturated rings. The van der Waals surface area contributed by atoms with E-state index in [4.69, 9.17) is 0 Å². The second-order valence-electron chi connectivity index (χ2n) is 4.76. The lowest BCUT2D eigenvalue weighted by Gasteiger charge is -2.06. The van der Waals surface area contributed by atoms with Crippen molar-refractivity contribution in [2.24, 2.45) is 0 Å². The first-order valence-electron chi connectivity index (χ1n) is 6.56. The number of carbonyl (C=O) groups is 2. The number of esters is 2. The molecule has 2 aromatic carbocycles. The fraction of sp³-hybridized carbons (Fsp3) is 0. The van der Waals surface area contributed by atoms with E-state index in [2.05, 4.69) is 4.74 Å². The maximum absolute atomic E-state index is 13.7. The van der Waals surface area contributed by atoms with E-state index in [0.717, 1.165) is 0 Å². The minimum absolute atomic E-state index is 0.0581. The van der Waals surface area contributed by atoms with Gasteiger partial charge in [0.1, 0.15) is 11.6 Å². The number of halogens is 4. The maximum atomic E-state index is 13.7. The first-order chi connectivity index (χ1) is 12.5. The maximum Gasteiger partial charge on any atom is 0.349 e. The van der Waals surface area contributed by atoms with E-state index in [1.165, 1.54) is 0 Å². The van der Waals surface area contributed by atoms with Crippen molar-refractivity contribution in [2.45, 2.75) is 0 Å². The van der Waals surface area contributed by atoms with Gasteiger partial charge in [-0.1, -0.05) is 0 Å². The van der Waals surface area contributed by atoms with Gasteiger partial charge in [-0.15, -0.1) is 0 Å².